The molecule has 0 saturated carbocycles. The Morgan fingerprint density at radius 2 is 1.86 bits per heavy atom. The van der Waals surface area contributed by atoms with Crippen LogP contribution in [-0.2, 0) is 4.79 Å². The molecule has 156 valence electrons. The van der Waals surface area contributed by atoms with Crippen molar-refractivity contribution in [2.24, 2.45) is 0 Å². The Balaban J connectivity index is 0.00000300. The molecule has 1 aliphatic rings. The Kier molecular flexibility index (Phi) is 7.81. The van der Waals surface area contributed by atoms with Gasteiger partial charge in [-0.05, 0) is 49.5 Å². The highest BCUT2D eigenvalue weighted by atomic mass is 79.9. The molecule has 0 radical (unpaired) electrons. The minimum absolute atomic E-state index is 0. The minimum atomic E-state index is -0.146. The second-order valence-electron chi connectivity index (χ2n) is 6.78. The fourth-order valence-electron chi connectivity index (χ4n) is 3.22. The van der Waals surface area contributed by atoms with Crippen molar-refractivity contribution in [1.82, 2.24) is 14.8 Å². The molecule has 7 heteroatoms. The molecule has 29 heavy (non-hydrogen) atoms. The Morgan fingerprint density at radius 1 is 1.14 bits per heavy atom. The van der Waals surface area contributed by atoms with Gasteiger partial charge in [0.05, 0.1) is 5.57 Å². The molecule has 1 aromatic carbocycles. The monoisotopic (exact) mass is 460 g/mol. The molecule has 0 aliphatic carbocycles. The van der Waals surface area contributed by atoms with Gasteiger partial charge in [0.25, 0.3) is 11.8 Å². The third kappa shape index (κ3) is 5.16. The van der Waals surface area contributed by atoms with Crippen molar-refractivity contribution < 1.29 is 9.59 Å². The van der Waals surface area contributed by atoms with Gasteiger partial charge in [0.2, 0.25) is 0 Å². The van der Waals surface area contributed by atoms with Crippen molar-refractivity contribution in [1.29, 1.82) is 0 Å². The number of carbonyl (C=O) groups excluding carboxylic acids is 2. The summed E-state index contributed by atoms with van der Waals surface area (Å²) in [7, 11) is 1.81. The summed E-state index contributed by atoms with van der Waals surface area (Å²) in [5.74, 6) is -0.206. The van der Waals surface area contributed by atoms with E-state index in [0.29, 0.717) is 17.8 Å². The van der Waals surface area contributed by atoms with E-state index in [1.54, 1.807) is 17.0 Å². The molecule has 0 fully saturated rings. The number of nitrogens with zero attached hydrogens (tertiary/aromatic N) is 2. The first kappa shape index (κ1) is 22.9. The molecule has 6 nitrogen and oxygen atoms in total. The quantitative estimate of drug-likeness (QED) is 0.604. The van der Waals surface area contributed by atoms with Gasteiger partial charge in [-0.15, -0.1) is 0 Å². The largest absolute Gasteiger partial charge is 0.351 e. The number of hydrogen-bond acceptors (Lipinski definition) is 3. The average Bonchev–Trinajstić information content (AvgIpc) is 3.27. The van der Waals surface area contributed by atoms with Crippen LogP contribution in [0.15, 0.2) is 34.8 Å². The molecule has 0 unspecified atom stereocenters. The summed E-state index contributed by atoms with van der Waals surface area (Å²) in [5, 5.41) is 2.86. The number of nitrogens with one attached hydrogen (secondary N) is 2. The number of halogens is 1. The second-order valence-corrected chi connectivity index (χ2v) is 7.70. The second kappa shape index (κ2) is 9.89. The first-order valence-corrected chi connectivity index (χ1v) is 10.2. The number of anilines is 1. The van der Waals surface area contributed by atoms with Crippen LogP contribution in [0, 0.1) is 0 Å². The van der Waals surface area contributed by atoms with Crippen molar-refractivity contribution >= 4 is 45.1 Å². The molecule has 0 bridgehead atoms. The smallest absolute Gasteiger partial charge is 0.270 e. The van der Waals surface area contributed by atoms with Crippen molar-refractivity contribution in [3.8, 4) is 0 Å². The van der Waals surface area contributed by atoms with Crippen LogP contribution in [0.5, 0.6) is 0 Å². The van der Waals surface area contributed by atoms with Crippen molar-refractivity contribution in [2.75, 3.05) is 38.5 Å². The third-order valence-corrected chi connectivity index (χ3v) is 5.49. The SMILES string of the molecule is C.CCN(CC)CCN(C)C(=O)c1ccc(/C=C2\C(=O)Nc3ccc(Br)cc32)[nH]1. The zero-order valence-corrected chi connectivity index (χ0v) is 18.0. The highest BCUT2D eigenvalue weighted by Gasteiger charge is 2.24. The van der Waals surface area contributed by atoms with E-state index < -0.39 is 0 Å². The highest BCUT2D eigenvalue weighted by Crippen LogP contribution is 2.34. The topological polar surface area (TPSA) is 68.4 Å². The molecule has 2 heterocycles. The van der Waals surface area contributed by atoms with E-state index in [0.717, 1.165) is 41.1 Å². The lowest BCUT2D eigenvalue weighted by molar-refractivity contribution is -0.110. The Morgan fingerprint density at radius 3 is 2.55 bits per heavy atom. The van der Waals surface area contributed by atoms with Gasteiger partial charge in [0.15, 0.2) is 0 Å². The molecule has 2 amide bonds. The first-order chi connectivity index (χ1) is 13.4. The van der Waals surface area contributed by atoms with Gasteiger partial charge in [-0.1, -0.05) is 37.2 Å². The van der Waals surface area contributed by atoms with Gasteiger partial charge in [0, 0.05) is 41.6 Å². The van der Waals surface area contributed by atoms with Crippen LogP contribution in [0.2, 0.25) is 0 Å². The number of aromatic amines is 1. The van der Waals surface area contributed by atoms with E-state index in [1.165, 1.54) is 0 Å². The number of carbonyl (C=O) groups is 2. The van der Waals surface area contributed by atoms with E-state index >= 15 is 0 Å². The van der Waals surface area contributed by atoms with Crippen LogP contribution in [0.1, 0.15) is 43.0 Å². The number of amides is 2. The molecular formula is C22H29BrN4O2. The summed E-state index contributed by atoms with van der Waals surface area (Å²) in [6.45, 7) is 7.69. The van der Waals surface area contributed by atoms with Crippen LogP contribution in [0.3, 0.4) is 0 Å². The molecule has 0 atom stereocenters. The lowest BCUT2D eigenvalue weighted by Gasteiger charge is -2.22. The normalized spacial score (nSPS) is 14.0. The zero-order valence-electron chi connectivity index (χ0n) is 16.4. The van der Waals surface area contributed by atoms with E-state index in [1.807, 2.05) is 31.3 Å². The van der Waals surface area contributed by atoms with Gasteiger partial charge < -0.3 is 20.1 Å². The maximum Gasteiger partial charge on any atom is 0.270 e. The average molecular weight is 461 g/mol. The number of hydrogen-bond donors (Lipinski definition) is 2. The van der Waals surface area contributed by atoms with Crippen LogP contribution in [0.4, 0.5) is 5.69 Å². The first-order valence-electron chi connectivity index (χ1n) is 9.42. The zero-order chi connectivity index (χ0) is 20.3. The minimum Gasteiger partial charge on any atom is -0.351 e. The number of rotatable bonds is 7. The number of H-pyrrole nitrogens is 1. The van der Waals surface area contributed by atoms with E-state index in [9.17, 15) is 9.59 Å². The van der Waals surface area contributed by atoms with Crippen LogP contribution >= 0.6 is 15.9 Å². The molecular weight excluding hydrogens is 432 g/mol. The number of benzene rings is 1. The van der Waals surface area contributed by atoms with Gasteiger partial charge in [0.1, 0.15) is 5.69 Å². The summed E-state index contributed by atoms with van der Waals surface area (Å²) >= 11 is 3.44. The Hall–Kier alpha value is -2.38. The number of aromatic nitrogens is 1. The highest BCUT2D eigenvalue weighted by molar-refractivity contribution is 9.10. The Bertz CT molecular complexity index is 915. The van der Waals surface area contributed by atoms with Crippen molar-refractivity contribution in [2.45, 2.75) is 21.3 Å². The predicted molar refractivity (Wildman–Crippen MR) is 123 cm³/mol. The Labute approximate surface area is 181 Å². The van der Waals surface area contributed by atoms with Crippen LogP contribution in [0.25, 0.3) is 11.6 Å². The molecule has 1 aromatic heterocycles. The third-order valence-electron chi connectivity index (χ3n) is 5.00. The number of likely N-dealkylation sites (N-methyl/N-ethyl adjacent to an activating group) is 2. The maximum absolute atomic E-state index is 12.7. The lowest BCUT2D eigenvalue weighted by Crippen LogP contribution is -2.36. The van der Waals surface area contributed by atoms with Crippen molar-refractivity contribution in [3.05, 3.63) is 51.8 Å². The molecule has 2 N–H and O–H groups in total. The van der Waals surface area contributed by atoms with E-state index in [2.05, 4.69) is 45.0 Å². The van der Waals surface area contributed by atoms with Crippen LogP contribution < -0.4 is 5.32 Å². The molecule has 3 rings (SSSR count). The fourth-order valence-corrected chi connectivity index (χ4v) is 3.58. The summed E-state index contributed by atoms with van der Waals surface area (Å²) in [4.78, 5) is 32.1. The van der Waals surface area contributed by atoms with Gasteiger partial charge in [-0.2, -0.15) is 0 Å². The summed E-state index contributed by atoms with van der Waals surface area (Å²) in [6.07, 6.45) is 1.78. The lowest BCUT2D eigenvalue weighted by atomic mass is 10.1. The summed E-state index contributed by atoms with van der Waals surface area (Å²) in [6, 6.07) is 9.25. The van der Waals surface area contributed by atoms with Gasteiger partial charge >= 0.3 is 0 Å². The summed E-state index contributed by atoms with van der Waals surface area (Å²) < 4.78 is 0.908. The predicted octanol–water partition coefficient (Wildman–Crippen LogP) is 4.32. The molecule has 2 aromatic rings. The molecule has 0 spiro atoms. The van der Waals surface area contributed by atoms with Crippen molar-refractivity contribution in [3.63, 3.8) is 0 Å². The number of fused-ring (bicyclic) bond motifs is 1. The maximum atomic E-state index is 12.7. The van der Waals surface area contributed by atoms with Gasteiger partial charge in [-0.25, -0.2) is 0 Å². The molecule has 1 aliphatic heterocycles. The standard InChI is InChI=1S/C21H25BrN4O2.CH4/c1-4-26(5-2)11-10-25(3)21(28)19-9-7-15(23-19)13-17-16-12-14(22)6-8-18(16)24-20(17)27;/h6-9,12-13,23H,4-5,10-11H2,1-3H3,(H,24,27);1H4/b17-13-;. The van der Waals surface area contributed by atoms with E-state index in [-0.39, 0.29) is 19.2 Å². The van der Waals surface area contributed by atoms with Crippen LogP contribution in [-0.4, -0.2) is 59.8 Å². The molecule has 0 saturated heterocycles. The fraction of sp³-hybridized carbons (Fsp3) is 0.364. The van der Waals surface area contributed by atoms with E-state index in [4.69, 9.17) is 0 Å². The van der Waals surface area contributed by atoms with Gasteiger partial charge in [-0.3, -0.25) is 9.59 Å². The summed E-state index contributed by atoms with van der Waals surface area (Å²) in [5.41, 5.74) is 3.45.